The molecule has 3 N–H and O–H groups in total. The number of carbonyl (C=O) groups excluding carboxylic acids is 1. The Labute approximate surface area is 194 Å². The van der Waals surface area contributed by atoms with Gasteiger partial charge in [0.25, 0.3) is 0 Å². The van der Waals surface area contributed by atoms with Gasteiger partial charge in [-0.3, -0.25) is 4.79 Å². The minimum Gasteiger partial charge on any atom is -0.398 e. The van der Waals surface area contributed by atoms with E-state index in [9.17, 15) is 4.79 Å². The highest BCUT2D eigenvalue weighted by Crippen LogP contribution is 2.32. The molecule has 0 saturated carbocycles. The number of amides is 1. The minimum absolute atomic E-state index is 0.182. The lowest BCUT2D eigenvalue weighted by molar-refractivity contribution is -0.132. The second-order valence-electron chi connectivity index (χ2n) is 9.13. The first kappa shape index (κ1) is 24.1. The molecule has 2 aromatic carbocycles. The number of nitrogens with one attached hydrogen (secondary N) is 1. The standard InChI is InChI=1S/C27H40N4O/c1-6-31(24-13-16-30(17-14-24)15-12-23-10-8-7-9-11-23)25(32)18-29-27-21(4)19(2)26(28)20(3)22(27)5/h7-11,24,29H,6,12-18,28H2,1-5H3. The first-order valence-corrected chi connectivity index (χ1v) is 12.0. The van der Waals surface area contributed by atoms with Crippen molar-refractivity contribution >= 4 is 17.3 Å². The second kappa shape index (κ2) is 10.9. The smallest absolute Gasteiger partial charge is 0.242 e. The third-order valence-corrected chi connectivity index (χ3v) is 7.32. The summed E-state index contributed by atoms with van der Waals surface area (Å²) in [5.74, 6) is 0.182. The van der Waals surface area contributed by atoms with E-state index in [1.165, 1.54) is 5.56 Å². The molecule has 0 unspecified atom stereocenters. The van der Waals surface area contributed by atoms with Crippen molar-refractivity contribution < 1.29 is 4.79 Å². The largest absolute Gasteiger partial charge is 0.398 e. The molecule has 5 nitrogen and oxygen atoms in total. The van der Waals surface area contributed by atoms with Gasteiger partial charge in [-0.2, -0.15) is 0 Å². The van der Waals surface area contributed by atoms with Crippen LogP contribution < -0.4 is 11.1 Å². The van der Waals surface area contributed by atoms with Crippen LogP contribution in [0, 0.1) is 27.7 Å². The van der Waals surface area contributed by atoms with Crippen molar-refractivity contribution in [3.63, 3.8) is 0 Å². The van der Waals surface area contributed by atoms with Crippen molar-refractivity contribution in [1.82, 2.24) is 9.80 Å². The van der Waals surface area contributed by atoms with Crippen molar-refractivity contribution in [2.45, 2.75) is 59.9 Å². The van der Waals surface area contributed by atoms with Gasteiger partial charge in [0, 0.05) is 43.6 Å². The Kier molecular flexibility index (Phi) is 8.19. The third-order valence-electron chi connectivity index (χ3n) is 7.32. The number of nitrogens with two attached hydrogens (primary N) is 1. The number of nitrogen functional groups attached to an aromatic ring is 1. The summed E-state index contributed by atoms with van der Waals surface area (Å²) in [5.41, 5.74) is 14.0. The molecule has 174 valence electrons. The maximum atomic E-state index is 13.1. The summed E-state index contributed by atoms with van der Waals surface area (Å²) in [5, 5.41) is 3.43. The van der Waals surface area contributed by atoms with Gasteiger partial charge in [-0.15, -0.1) is 0 Å². The highest BCUT2D eigenvalue weighted by molar-refractivity contribution is 5.83. The highest BCUT2D eigenvalue weighted by atomic mass is 16.2. The van der Waals surface area contributed by atoms with Gasteiger partial charge >= 0.3 is 0 Å². The maximum absolute atomic E-state index is 13.1. The number of hydrogen-bond acceptors (Lipinski definition) is 4. The molecule has 1 fully saturated rings. The average Bonchev–Trinajstić information content (AvgIpc) is 2.82. The predicted molar refractivity (Wildman–Crippen MR) is 135 cm³/mol. The van der Waals surface area contributed by atoms with Crippen LogP contribution in [0.25, 0.3) is 0 Å². The molecular weight excluding hydrogens is 396 g/mol. The minimum atomic E-state index is 0.182. The number of likely N-dealkylation sites (tertiary alicyclic amines) is 1. The van der Waals surface area contributed by atoms with E-state index < -0.39 is 0 Å². The van der Waals surface area contributed by atoms with Gasteiger partial charge in [-0.1, -0.05) is 30.3 Å². The SMILES string of the molecule is CCN(C(=O)CNc1c(C)c(C)c(N)c(C)c1C)C1CCN(CCc2ccccc2)CC1. The molecule has 1 amide bonds. The van der Waals surface area contributed by atoms with Crippen molar-refractivity contribution in [1.29, 1.82) is 0 Å². The number of carbonyl (C=O) groups is 1. The van der Waals surface area contributed by atoms with E-state index in [2.05, 4.69) is 66.2 Å². The summed E-state index contributed by atoms with van der Waals surface area (Å²) in [7, 11) is 0. The molecule has 0 aliphatic carbocycles. The Hall–Kier alpha value is -2.53. The number of rotatable bonds is 8. The van der Waals surface area contributed by atoms with Gasteiger partial charge in [0.05, 0.1) is 6.54 Å². The average molecular weight is 437 g/mol. The van der Waals surface area contributed by atoms with E-state index in [0.717, 1.165) is 79.1 Å². The van der Waals surface area contributed by atoms with E-state index in [-0.39, 0.29) is 5.91 Å². The molecule has 1 saturated heterocycles. The van der Waals surface area contributed by atoms with Gasteiger partial charge in [-0.05, 0) is 81.7 Å². The van der Waals surface area contributed by atoms with Crippen LogP contribution in [0.15, 0.2) is 30.3 Å². The summed E-state index contributed by atoms with van der Waals surface area (Å²) in [6, 6.07) is 11.0. The Morgan fingerprint density at radius 1 is 1.03 bits per heavy atom. The molecule has 5 heteroatoms. The Bertz CT molecular complexity index is 888. The summed E-state index contributed by atoms with van der Waals surface area (Å²) in [6.45, 7) is 14.6. The summed E-state index contributed by atoms with van der Waals surface area (Å²) < 4.78 is 0. The van der Waals surface area contributed by atoms with Crippen LogP contribution in [0.2, 0.25) is 0 Å². The van der Waals surface area contributed by atoms with Gasteiger partial charge in [0.15, 0.2) is 0 Å². The fourth-order valence-electron chi connectivity index (χ4n) is 4.90. The zero-order valence-electron chi connectivity index (χ0n) is 20.5. The van der Waals surface area contributed by atoms with E-state index in [0.29, 0.717) is 12.6 Å². The Balaban J connectivity index is 1.53. The van der Waals surface area contributed by atoms with Crippen LogP contribution in [-0.2, 0) is 11.2 Å². The topological polar surface area (TPSA) is 61.6 Å². The lowest BCUT2D eigenvalue weighted by Crippen LogP contribution is -2.49. The fraction of sp³-hybridized carbons (Fsp3) is 0.519. The van der Waals surface area contributed by atoms with Gasteiger partial charge in [0.2, 0.25) is 5.91 Å². The van der Waals surface area contributed by atoms with Gasteiger partial charge in [0.1, 0.15) is 0 Å². The summed E-state index contributed by atoms with van der Waals surface area (Å²) >= 11 is 0. The first-order valence-electron chi connectivity index (χ1n) is 12.0. The lowest BCUT2D eigenvalue weighted by Gasteiger charge is -2.38. The van der Waals surface area contributed by atoms with Crippen molar-refractivity contribution in [2.75, 3.05) is 43.8 Å². The molecule has 32 heavy (non-hydrogen) atoms. The number of likely N-dealkylation sites (N-methyl/N-ethyl adjacent to an activating group) is 1. The Morgan fingerprint density at radius 3 is 2.19 bits per heavy atom. The molecule has 0 radical (unpaired) electrons. The summed E-state index contributed by atoms with van der Waals surface area (Å²) in [6.07, 6.45) is 3.18. The van der Waals surface area contributed by atoms with Gasteiger partial charge < -0.3 is 20.9 Å². The quantitative estimate of drug-likeness (QED) is 0.600. The molecule has 0 bridgehead atoms. The van der Waals surface area contributed by atoms with Crippen LogP contribution in [0.3, 0.4) is 0 Å². The number of piperidine rings is 1. The van der Waals surface area contributed by atoms with Crippen molar-refractivity contribution in [3.05, 3.63) is 58.1 Å². The first-order chi connectivity index (χ1) is 15.3. The molecule has 1 aliphatic heterocycles. The molecule has 1 heterocycles. The molecule has 2 aromatic rings. The molecular formula is C27H40N4O. The van der Waals surface area contributed by atoms with Crippen molar-refractivity contribution in [3.8, 4) is 0 Å². The third kappa shape index (κ3) is 5.44. The molecule has 0 aromatic heterocycles. The van der Waals surface area contributed by atoms with Crippen LogP contribution in [0.5, 0.6) is 0 Å². The molecule has 0 atom stereocenters. The maximum Gasteiger partial charge on any atom is 0.242 e. The van der Waals surface area contributed by atoms with E-state index in [4.69, 9.17) is 5.73 Å². The van der Waals surface area contributed by atoms with E-state index in [1.54, 1.807) is 0 Å². The normalized spacial score (nSPS) is 15.0. The summed E-state index contributed by atoms with van der Waals surface area (Å²) in [4.78, 5) is 17.7. The molecule has 0 spiro atoms. The number of hydrogen-bond donors (Lipinski definition) is 2. The predicted octanol–water partition coefficient (Wildman–Crippen LogP) is 4.47. The lowest BCUT2D eigenvalue weighted by atomic mass is 9.96. The fourth-order valence-corrected chi connectivity index (χ4v) is 4.90. The number of benzene rings is 2. The van der Waals surface area contributed by atoms with Crippen LogP contribution in [0.4, 0.5) is 11.4 Å². The van der Waals surface area contributed by atoms with Crippen LogP contribution in [0.1, 0.15) is 47.6 Å². The van der Waals surface area contributed by atoms with Gasteiger partial charge in [-0.25, -0.2) is 0 Å². The van der Waals surface area contributed by atoms with E-state index in [1.807, 2.05) is 13.8 Å². The number of anilines is 2. The zero-order chi connectivity index (χ0) is 23.3. The van der Waals surface area contributed by atoms with E-state index >= 15 is 0 Å². The van der Waals surface area contributed by atoms with Crippen molar-refractivity contribution in [2.24, 2.45) is 0 Å². The highest BCUT2D eigenvalue weighted by Gasteiger charge is 2.27. The van der Waals surface area contributed by atoms with Crippen LogP contribution >= 0.6 is 0 Å². The second-order valence-corrected chi connectivity index (χ2v) is 9.13. The Morgan fingerprint density at radius 2 is 1.62 bits per heavy atom. The van der Waals surface area contributed by atoms with Crippen LogP contribution in [-0.4, -0.2) is 54.5 Å². The zero-order valence-corrected chi connectivity index (χ0v) is 20.5. The monoisotopic (exact) mass is 436 g/mol. The number of nitrogens with zero attached hydrogens (tertiary/aromatic N) is 2. The molecule has 1 aliphatic rings. The molecule has 3 rings (SSSR count).